The molecule has 9 rings (SSSR count). The van der Waals surface area contributed by atoms with Crippen LogP contribution in [0.2, 0.25) is 0 Å². The summed E-state index contributed by atoms with van der Waals surface area (Å²) in [5.41, 5.74) is 11.2. The van der Waals surface area contributed by atoms with Gasteiger partial charge in [0.1, 0.15) is 6.07 Å². The van der Waals surface area contributed by atoms with Crippen molar-refractivity contribution in [1.82, 2.24) is 9.13 Å². The molecular weight excluding hydrogens is 611 g/mol. The molecule has 0 amide bonds. The van der Waals surface area contributed by atoms with E-state index in [4.69, 9.17) is 0 Å². The third kappa shape index (κ3) is 4.24. The monoisotopic (exact) mass is 635 g/mol. The van der Waals surface area contributed by atoms with Gasteiger partial charge in [-0.1, -0.05) is 91.0 Å². The maximum Gasteiger partial charge on any atom is 0.102 e. The molecule has 7 aromatic carbocycles. The topological polar surface area (TPSA) is 81.2 Å². The zero-order valence-corrected chi connectivity index (χ0v) is 26.7. The Morgan fingerprint density at radius 3 is 1.36 bits per heavy atom. The minimum absolute atomic E-state index is 0.529. The van der Waals surface area contributed by atoms with Gasteiger partial charge in [0.15, 0.2) is 0 Å². The summed E-state index contributed by atoms with van der Waals surface area (Å²) in [6.45, 7) is 0. The largest absolute Gasteiger partial charge is 0.309 e. The van der Waals surface area contributed by atoms with Crippen LogP contribution in [0.25, 0.3) is 77.2 Å². The van der Waals surface area contributed by atoms with Crippen molar-refractivity contribution in [2.24, 2.45) is 0 Å². The molecule has 2 heterocycles. The van der Waals surface area contributed by atoms with Crippen molar-refractivity contribution < 1.29 is 0 Å². The quantitative estimate of drug-likeness (QED) is 0.193. The molecule has 0 radical (unpaired) electrons. The normalized spacial score (nSPS) is 11.1. The molecule has 0 atom stereocenters. The molecule has 5 heteroatoms. The number of fused-ring (bicyclic) bond motifs is 6. The van der Waals surface area contributed by atoms with E-state index in [2.05, 4.69) is 112 Å². The second-order valence-corrected chi connectivity index (χ2v) is 12.3. The lowest BCUT2D eigenvalue weighted by Crippen LogP contribution is -2.01. The molecule has 50 heavy (non-hydrogen) atoms. The summed E-state index contributed by atoms with van der Waals surface area (Å²) >= 11 is 0. The van der Waals surface area contributed by atoms with Crippen molar-refractivity contribution in [3.8, 4) is 51.8 Å². The van der Waals surface area contributed by atoms with E-state index in [9.17, 15) is 15.8 Å². The first-order chi connectivity index (χ1) is 24.7. The summed E-state index contributed by atoms with van der Waals surface area (Å²) in [7, 11) is 0. The Hall–Kier alpha value is -7.39. The summed E-state index contributed by atoms with van der Waals surface area (Å²) in [4.78, 5) is 0. The van der Waals surface area contributed by atoms with Crippen molar-refractivity contribution in [2.75, 3.05) is 0 Å². The molecule has 0 unspecified atom stereocenters. The highest BCUT2D eigenvalue weighted by Gasteiger charge is 2.21. The van der Waals surface area contributed by atoms with Gasteiger partial charge in [0.25, 0.3) is 0 Å². The molecule has 0 fully saturated rings. The van der Waals surface area contributed by atoms with E-state index in [1.807, 2.05) is 54.6 Å². The molecule has 230 valence electrons. The number of benzene rings is 7. The van der Waals surface area contributed by atoms with Gasteiger partial charge < -0.3 is 9.13 Å². The van der Waals surface area contributed by atoms with Crippen molar-refractivity contribution in [2.45, 2.75) is 0 Å². The number of hydrogen-bond donors (Lipinski definition) is 0. The maximum absolute atomic E-state index is 10.9. The second kappa shape index (κ2) is 11.4. The van der Waals surface area contributed by atoms with Crippen LogP contribution in [0, 0.1) is 34.0 Å². The van der Waals surface area contributed by atoms with Crippen LogP contribution in [0.4, 0.5) is 0 Å². The Morgan fingerprint density at radius 2 is 0.780 bits per heavy atom. The zero-order valence-electron chi connectivity index (χ0n) is 26.7. The Balaban J connectivity index is 1.30. The number of para-hydroxylation sites is 3. The highest BCUT2D eigenvalue weighted by atomic mass is 15.0. The fraction of sp³-hybridized carbons (Fsp3) is 0. The van der Waals surface area contributed by atoms with Crippen LogP contribution in [0.1, 0.15) is 16.7 Å². The van der Waals surface area contributed by atoms with E-state index < -0.39 is 0 Å². The average molecular weight is 636 g/mol. The predicted octanol–water partition coefficient (Wildman–Crippen LogP) is 10.8. The molecule has 2 aromatic heterocycles. The van der Waals surface area contributed by atoms with E-state index in [-0.39, 0.29) is 0 Å². The van der Waals surface area contributed by atoms with Crippen molar-refractivity contribution in [3.05, 3.63) is 168 Å². The van der Waals surface area contributed by atoms with Gasteiger partial charge >= 0.3 is 0 Å². The predicted molar refractivity (Wildman–Crippen MR) is 200 cm³/mol. The van der Waals surface area contributed by atoms with Gasteiger partial charge in [-0.25, -0.2) is 0 Å². The Kier molecular flexibility index (Phi) is 6.56. The van der Waals surface area contributed by atoms with Gasteiger partial charge in [-0.05, 0) is 71.8 Å². The molecule has 0 bridgehead atoms. The van der Waals surface area contributed by atoms with E-state index >= 15 is 0 Å². The van der Waals surface area contributed by atoms with Crippen molar-refractivity contribution in [1.29, 1.82) is 15.8 Å². The molecule has 0 saturated carbocycles. The fourth-order valence-corrected chi connectivity index (χ4v) is 7.52. The molecule has 0 spiro atoms. The number of aromatic nitrogens is 2. The first-order valence-electron chi connectivity index (χ1n) is 16.3. The molecule has 9 aromatic rings. The molecular formula is C45H25N5. The van der Waals surface area contributed by atoms with Gasteiger partial charge in [-0.15, -0.1) is 0 Å². The van der Waals surface area contributed by atoms with Crippen LogP contribution < -0.4 is 0 Å². The first-order valence-corrected chi connectivity index (χ1v) is 16.3. The molecule has 0 saturated heterocycles. The molecule has 0 N–H and O–H groups in total. The third-order valence-corrected chi connectivity index (χ3v) is 9.65. The summed E-state index contributed by atoms with van der Waals surface area (Å²) in [5, 5.41) is 34.4. The lowest BCUT2D eigenvalue weighted by atomic mass is 9.90. The van der Waals surface area contributed by atoms with Gasteiger partial charge in [0.05, 0.1) is 62.3 Å². The van der Waals surface area contributed by atoms with Gasteiger partial charge in [-0.2, -0.15) is 15.8 Å². The minimum Gasteiger partial charge on any atom is -0.309 e. The second-order valence-electron chi connectivity index (χ2n) is 12.3. The summed E-state index contributed by atoms with van der Waals surface area (Å²) in [6.07, 6.45) is 0. The van der Waals surface area contributed by atoms with Gasteiger partial charge in [0.2, 0.25) is 0 Å². The summed E-state index contributed by atoms with van der Waals surface area (Å²) < 4.78 is 4.41. The van der Waals surface area contributed by atoms with Gasteiger partial charge in [-0.3, -0.25) is 0 Å². The van der Waals surface area contributed by atoms with Crippen LogP contribution in [0.3, 0.4) is 0 Å². The first kappa shape index (κ1) is 28.8. The number of rotatable bonds is 4. The zero-order chi connectivity index (χ0) is 33.8. The van der Waals surface area contributed by atoms with E-state index in [0.717, 1.165) is 66.5 Å². The van der Waals surface area contributed by atoms with E-state index in [1.54, 1.807) is 12.1 Å². The molecule has 0 aliphatic rings. The number of nitriles is 3. The number of nitrogens with zero attached hydrogens (tertiary/aromatic N) is 5. The SMILES string of the molecule is N#Cc1ccc2c(c1)c1cc(C#N)ccc1n2-c1cccc(-c2ccccc2-c2ccccc2-n2c3ccccc3c3ccccc32)c1C#N. The third-order valence-electron chi connectivity index (χ3n) is 9.65. The molecule has 0 aliphatic heterocycles. The summed E-state index contributed by atoms with van der Waals surface area (Å²) in [6, 6.07) is 57.9. The van der Waals surface area contributed by atoms with Gasteiger partial charge in [0, 0.05) is 32.7 Å². The standard InChI is InChI=1S/C45H25N5/c46-26-29-20-22-44-37(24-29)38-25-30(27-47)21-23-45(38)50(44)43-19-9-15-33(39(43)28-48)31-10-1-2-11-32(31)34-12-3-6-16-40(34)49-41-17-7-4-13-35(41)36-14-5-8-18-42(36)49/h1-25H. The average Bonchev–Trinajstić information content (AvgIpc) is 3.69. The molecule has 0 aliphatic carbocycles. The molecule has 5 nitrogen and oxygen atoms in total. The Morgan fingerprint density at radius 1 is 0.340 bits per heavy atom. The number of hydrogen-bond acceptors (Lipinski definition) is 3. The van der Waals surface area contributed by atoms with E-state index in [1.165, 1.54) is 10.8 Å². The lowest BCUT2D eigenvalue weighted by molar-refractivity contribution is 1.17. The fourth-order valence-electron chi connectivity index (χ4n) is 7.52. The van der Waals surface area contributed by atoms with Crippen molar-refractivity contribution >= 4 is 43.6 Å². The Labute approximate surface area is 287 Å². The van der Waals surface area contributed by atoms with Crippen molar-refractivity contribution in [3.63, 3.8) is 0 Å². The smallest absolute Gasteiger partial charge is 0.102 e. The lowest BCUT2D eigenvalue weighted by Gasteiger charge is -2.18. The summed E-state index contributed by atoms with van der Waals surface area (Å²) in [5.74, 6) is 0. The Bertz CT molecular complexity index is 2850. The van der Waals surface area contributed by atoms with Crippen LogP contribution in [0.15, 0.2) is 152 Å². The van der Waals surface area contributed by atoms with Crippen LogP contribution >= 0.6 is 0 Å². The highest BCUT2D eigenvalue weighted by molar-refractivity contribution is 6.11. The van der Waals surface area contributed by atoms with Crippen LogP contribution in [0.5, 0.6) is 0 Å². The highest BCUT2D eigenvalue weighted by Crippen LogP contribution is 2.42. The van der Waals surface area contributed by atoms with E-state index in [0.29, 0.717) is 16.7 Å². The van der Waals surface area contributed by atoms with Crippen LogP contribution in [-0.2, 0) is 0 Å². The van der Waals surface area contributed by atoms with Crippen LogP contribution in [-0.4, -0.2) is 9.13 Å². The maximum atomic E-state index is 10.9. The minimum atomic E-state index is 0.529.